The van der Waals surface area contributed by atoms with Crippen molar-refractivity contribution in [3.05, 3.63) is 28.5 Å². The molecule has 0 aromatic heterocycles. The Morgan fingerprint density at radius 2 is 2.05 bits per heavy atom. The highest BCUT2D eigenvalue weighted by molar-refractivity contribution is 7.89. The monoisotopic (exact) mass is 338 g/mol. The zero-order chi connectivity index (χ0) is 15.9. The standard InChI is InChI=1S/C13H20ClFN2O3S/c1-3-4-16-9-10-7-11(14)8-12(13(10)15)21(18,19)17-5-6-20-2/h7-8,16-17H,3-6,9H2,1-2H3. The molecule has 0 atom stereocenters. The van der Waals surface area contributed by atoms with Crippen LogP contribution in [0.15, 0.2) is 17.0 Å². The van der Waals surface area contributed by atoms with Gasteiger partial charge >= 0.3 is 0 Å². The Balaban J connectivity index is 3.01. The van der Waals surface area contributed by atoms with E-state index >= 15 is 0 Å². The molecule has 1 rings (SSSR count). The number of rotatable bonds is 9. The largest absolute Gasteiger partial charge is 0.383 e. The molecule has 0 fully saturated rings. The van der Waals surface area contributed by atoms with Crippen LogP contribution in [0.1, 0.15) is 18.9 Å². The van der Waals surface area contributed by atoms with Crippen molar-refractivity contribution >= 4 is 21.6 Å². The van der Waals surface area contributed by atoms with E-state index in [1.165, 1.54) is 13.2 Å². The number of halogens is 2. The van der Waals surface area contributed by atoms with Crippen molar-refractivity contribution in [1.29, 1.82) is 0 Å². The summed E-state index contributed by atoms with van der Waals surface area (Å²) in [5, 5.41) is 3.19. The van der Waals surface area contributed by atoms with Crippen LogP contribution >= 0.6 is 11.6 Å². The highest BCUT2D eigenvalue weighted by Gasteiger charge is 2.22. The van der Waals surface area contributed by atoms with Gasteiger partial charge in [0.2, 0.25) is 10.0 Å². The van der Waals surface area contributed by atoms with E-state index in [-0.39, 0.29) is 30.3 Å². The average molecular weight is 339 g/mol. The van der Waals surface area contributed by atoms with Crippen LogP contribution in [0.2, 0.25) is 5.02 Å². The molecule has 0 unspecified atom stereocenters. The van der Waals surface area contributed by atoms with Crippen molar-refractivity contribution in [3.63, 3.8) is 0 Å². The number of methoxy groups -OCH3 is 1. The zero-order valence-corrected chi connectivity index (χ0v) is 13.7. The lowest BCUT2D eigenvalue weighted by molar-refractivity contribution is 0.204. The van der Waals surface area contributed by atoms with Gasteiger partial charge in [-0.05, 0) is 25.1 Å². The second-order valence-corrected chi connectivity index (χ2v) is 6.62. The van der Waals surface area contributed by atoms with Gasteiger partial charge in [0, 0.05) is 30.8 Å². The third-order valence-corrected chi connectivity index (χ3v) is 4.39. The van der Waals surface area contributed by atoms with Crippen LogP contribution in [0.5, 0.6) is 0 Å². The Hall–Kier alpha value is -0.730. The third-order valence-electron chi connectivity index (χ3n) is 2.71. The van der Waals surface area contributed by atoms with Crippen molar-refractivity contribution in [2.75, 3.05) is 26.8 Å². The third kappa shape index (κ3) is 5.52. The van der Waals surface area contributed by atoms with Crippen LogP contribution in [-0.2, 0) is 21.3 Å². The molecule has 8 heteroatoms. The van der Waals surface area contributed by atoms with Crippen molar-refractivity contribution in [2.24, 2.45) is 0 Å². The summed E-state index contributed by atoms with van der Waals surface area (Å²) in [6.45, 7) is 3.18. The van der Waals surface area contributed by atoms with Crippen LogP contribution in [0.25, 0.3) is 0 Å². The van der Waals surface area contributed by atoms with Crippen molar-refractivity contribution in [1.82, 2.24) is 10.0 Å². The molecule has 0 amide bonds. The zero-order valence-electron chi connectivity index (χ0n) is 12.1. The second kappa shape index (κ2) is 8.65. The molecule has 0 saturated carbocycles. The van der Waals surface area contributed by atoms with E-state index in [1.54, 1.807) is 0 Å². The summed E-state index contributed by atoms with van der Waals surface area (Å²) >= 11 is 5.89. The fraction of sp³-hybridized carbons (Fsp3) is 0.538. The van der Waals surface area contributed by atoms with E-state index in [0.717, 1.165) is 12.5 Å². The normalized spacial score (nSPS) is 11.8. The molecule has 1 aromatic carbocycles. The summed E-state index contributed by atoms with van der Waals surface area (Å²) in [4.78, 5) is -0.445. The first-order chi connectivity index (χ1) is 9.92. The van der Waals surface area contributed by atoms with Gasteiger partial charge in [-0.15, -0.1) is 0 Å². The Labute approximate surface area is 129 Å². The number of nitrogens with one attached hydrogen (secondary N) is 2. The van der Waals surface area contributed by atoms with Gasteiger partial charge in [-0.1, -0.05) is 18.5 Å². The lowest BCUT2D eigenvalue weighted by Crippen LogP contribution is -2.28. The number of sulfonamides is 1. The predicted molar refractivity (Wildman–Crippen MR) is 80.5 cm³/mol. The molecule has 0 spiro atoms. The van der Waals surface area contributed by atoms with E-state index in [9.17, 15) is 12.8 Å². The quantitative estimate of drug-likeness (QED) is 0.675. The number of hydrogen-bond acceptors (Lipinski definition) is 4. The highest BCUT2D eigenvalue weighted by atomic mass is 35.5. The van der Waals surface area contributed by atoms with Crippen LogP contribution in [0.3, 0.4) is 0 Å². The van der Waals surface area contributed by atoms with E-state index in [1.807, 2.05) is 6.92 Å². The first-order valence-corrected chi connectivity index (χ1v) is 8.45. The average Bonchev–Trinajstić information content (AvgIpc) is 2.42. The molecule has 0 heterocycles. The maximum absolute atomic E-state index is 14.3. The van der Waals surface area contributed by atoms with Gasteiger partial charge in [0.1, 0.15) is 10.7 Å². The Morgan fingerprint density at radius 3 is 2.67 bits per heavy atom. The van der Waals surface area contributed by atoms with Gasteiger partial charge in [-0.3, -0.25) is 0 Å². The molecular formula is C13H20ClFN2O3S. The van der Waals surface area contributed by atoms with Crippen LogP contribution < -0.4 is 10.0 Å². The molecule has 120 valence electrons. The first kappa shape index (κ1) is 18.3. The van der Waals surface area contributed by atoms with E-state index in [0.29, 0.717) is 6.54 Å². The molecular weight excluding hydrogens is 319 g/mol. The molecule has 0 saturated heterocycles. The van der Waals surface area contributed by atoms with Crippen molar-refractivity contribution < 1.29 is 17.5 Å². The van der Waals surface area contributed by atoms with E-state index < -0.39 is 20.7 Å². The van der Waals surface area contributed by atoms with Gasteiger partial charge < -0.3 is 10.1 Å². The Bertz CT molecular complexity index is 567. The molecule has 5 nitrogen and oxygen atoms in total. The lowest BCUT2D eigenvalue weighted by atomic mass is 10.2. The van der Waals surface area contributed by atoms with Gasteiger partial charge in [0.15, 0.2) is 0 Å². The van der Waals surface area contributed by atoms with Gasteiger partial charge in [0.25, 0.3) is 0 Å². The highest BCUT2D eigenvalue weighted by Crippen LogP contribution is 2.23. The molecule has 21 heavy (non-hydrogen) atoms. The van der Waals surface area contributed by atoms with E-state index in [4.69, 9.17) is 16.3 Å². The van der Waals surface area contributed by atoms with Gasteiger partial charge in [-0.25, -0.2) is 17.5 Å². The fourth-order valence-electron chi connectivity index (χ4n) is 1.70. The first-order valence-electron chi connectivity index (χ1n) is 6.59. The topological polar surface area (TPSA) is 67.4 Å². The molecule has 0 aliphatic rings. The van der Waals surface area contributed by atoms with Crippen LogP contribution in [0, 0.1) is 5.82 Å². The second-order valence-electron chi connectivity index (χ2n) is 4.44. The Morgan fingerprint density at radius 1 is 1.33 bits per heavy atom. The van der Waals surface area contributed by atoms with Gasteiger partial charge in [-0.2, -0.15) is 0 Å². The minimum absolute atomic E-state index is 0.0637. The molecule has 0 radical (unpaired) electrons. The molecule has 0 aliphatic carbocycles. The summed E-state index contributed by atoms with van der Waals surface area (Å²) in [5.41, 5.74) is 0.225. The van der Waals surface area contributed by atoms with Crippen LogP contribution in [-0.4, -0.2) is 35.2 Å². The minimum Gasteiger partial charge on any atom is -0.383 e. The smallest absolute Gasteiger partial charge is 0.243 e. The fourth-order valence-corrected chi connectivity index (χ4v) is 3.16. The molecule has 0 bridgehead atoms. The predicted octanol–water partition coefficient (Wildman–Crippen LogP) is 1.90. The summed E-state index contributed by atoms with van der Waals surface area (Å²) in [6, 6.07) is 2.53. The van der Waals surface area contributed by atoms with Crippen LogP contribution in [0.4, 0.5) is 4.39 Å². The van der Waals surface area contributed by atoms with Crippen molar-refractivity contribution in [2.45, 2.75) is 24.8 Å². The molecule has 1 aromatic rings. The number of ether oxygens (including phenoxy) is 1. The van der Waals surface area contributed by atoms with Gasteiger partial charge in [0.05, 0.1) is 6.61 Å². The lowest BCUT2D eigenvalue weighted by Gasteiger charge is -2.12. The molecule has 0 aliphatic heterocycles. The number of benzene rings is 1. The molecule has 2 N–H and O–H groups in total. The summed E-state index contributed by atoms with van der Waals surface area (Å²) in [6.07, 6.45) is 0.895. The van der Waals surface area contributed by atoms with E-state index in [2.05, 4.69) is 10.0 Å². The number of hydrogen-bond donors (Lipinski definition) is 2. The SMILES string of the molecule is CCCNCc1cc(Cl)cc(S(=O)(=O)NCCOC)c1F. The maximum Gasteiger partial charge on any atom is 0.243 e. The summed E-state index contributed by atoms with van der Waals surface area (Å²) in [5.74, 6) is -0.784. The minimum atomic E-state index is -3.96. The Kier molecular flexibility index (Phi) is 7.55. The summed E-state index contributed by atoms with van der Waals surface area (Å²) < 4.78 is 45.5. The summed E-state index contributed by atoms with van der Waals surface area (Å²) in [7, 11) is -2.51. The maximum atomic E-state index is 14.3. The van der Waals surface area contributed by atoms with Crippen molar-refractivity contribution in [3.8, 4) is 0 Å².